The normalized spacial score (nSPS) is 11.7. The fourth-order valence-electron chi connectivity index (χ4n) is 5.51. The largest absolute Gasteiger partial charge is 0.394 e. The maximum Gasteiger partial charge on any atom is 0.0701 e. The fourth-order valence-corrected chi connectivity index (χ4v) is 5.51. The van der Waals surface area contributed by atoms with Crippen molar-refractivity contribution in [3.63, 3.8) is 0 Å². The lowest BCUT2D eigenvalue weighted by atomic mass is 10.1. The molecule has 0 saturated carbocycles. The van der Waals surface area contributed by atoms with E-state index in [0.717, 1.165) is 13.0 Å². The van der Waals surface area contributed by atoms with Gasteiger partial charge in [0, 0.05) is 6.61 Å². The van der Waals surface area contributed by atoms with Gasteiger partial charge in [-0.1, -0.05) is 77.6 Å². The van der Waals surface area contributed by atoms with E-state index < -0.39 is 0 Å². The Morgan fingerprint density at radius 1 is 0.175 bits per heavy atom. The van der Waals surface area contributed by atoms with Gasteiger partial charge in [-0.25, -0.2) is 0 Å². The lowest BCUT2D eigenvalue weighted by Crippen LogP contribution is -2.16. The van der Waals surface area contributed by atoms with Crippen molar-refractivity contribution >= 4 is 0 Å². The van der Waals surface area contributed by atoms with E-state index in [4.69, 9.17) is 80.9 Å². The summed E-state index contributed by atoms with van der Waals surface area (Å²) in [5.41, 5.74) is 0. The van der Waals surface area contributed by atoms with Crippen LogP contribution in [0.4, 0.5) is 0 Å². The van der Waals surface area contributed by atoms with Gasteiger partial charge in [0.05, 0.1) is 211 Å². The molecule has 17 heteroatoms. The average molecular weight is 919 g/mol. The zero-order valence-corrected chi connectivity index (χ0v) is 39.8. The smallest absolute Gasteiger partial charge is 0.0701 e. The highest BCUT2D eigenvalue weighted by molar-refractivity contribution is 4.49. The first-order chi connectivity index (χ1) is 31.4. The summed E-state index contributed by atoms with van der Waals surface area (Å²) < 4.78 is 87.7. The molecule has 0 aromatic rings. The Morgan fingerprint density at radius 3 is 0.492 bits per heavy atom. The number of unbranched alkanes of at least 4 members (excludes halogenated alkanes) is 11. The molecule has 0 aliphatic heterocycles. The SMILES string of the molecule is CCCCCCCCCCCCCCOCCOCCOCCOCCOCCOCCOCCOCCOCCOCCOCCOCCOCCOCCOCCOCCO. The molecule has 0 fully saturated rings. The van der Waals surface area contributed by atoms with Crippen LogP contribution in [0.3, 0.4) is 0 Å². The van der Waals surface area contributed by atoms with Gasteiger partial charge in [0.15, 0.2) is 0 Å². The van der Waals surface area contributed by atoms with Crippen LogP contribution in [0, 0.1) is 0 Å². The van der Waals surface area contributed by atoms with Gasteiger partial charge in [-0.15, -0.1) is 0 Å². The Labute approximate surface area is 382 Å². The second kappa shape index (κ2) is 61.3. The van der Waals surface area contributed by atoms with Gasteiger partial charge in [-0.3, -0.25) is 0 Å². The molecule has 17 nitrogen and oxygen atoms in total. The van der Waals surface area contributed by atoms with E-state index in [1.807, 2.05) is 0 Å². The topological polar surface area (TPSA) is 168 Å². The third-order valence-electron chi connectivity index (χ3n) is 8.96. The third kappa shape index (κ3) is 61.3. The molecule has 63 heavy (non-hydrogen) atoms. The minimum absolute atomic E-state index is 0.0228. The van der Waals surface area contributed by atoms with Gasteiger partial charge in [-0.05, 0) is 6.42 Å². The van der Waals surface area contributed by atoms with Gasteiger partial charge in [0.1, 0.15) is 0 Å². The molecule has 0 aliphatic carbocycles. The Kier molecular flexibility index (Phi) is 60.7. The van der Waals surface area contributed by atoms with Gasteiger partial charge in [0.25, 0.3) is 0 Å². The summed E-state index contributed by atoms with van der Waals surface area (Å²) >= 11 is 0. The molecule has 0 aromatic carbocycles. The predicted octanol–water partition coefficient (Wildman–Crippen LogP) is 4.95. The molecular weight excluding hydrogens is 824 g/mol. The van der Waals surface area contributed by atoms with E-state index in [1.54, 1.807) is 0 Å². The van der Waals surface area contributed by atoms with Crippen LogP contribution in [0.5, 0.6) is 0 Å². The molecule has 0 amide bonds. The quantitative estimate of drug-likeness (QED) is 0.0814. The highest BCUT2D eigenvalue weighted by Crippen LogP contribution is 2.12. The van der Waals surface area contributed by atoms with Crippen LogP contribution in [0.2, 0.25) is 0 Å². The van der Waals surface area contributed by atoms with Crippen molar-refractivity contribution in [2.45, 2.75) is 84.0 Å². The maximum absolute atomic E-state index is 8.60. The second-order valence-corrected chi connectivity index (χ2v) is 14.4. The maximum atomic E-state index is 8.60. The monoisotopic (exact) mass is 919 g/mol. The molecule has 0 aliphatic rings. The van der Waals surface area contributed by atoms with Gasteiger partial charge >= 0.3 is 0 Å². The van der Waals surface area contributed by atoms with E-state index in [-0.39, 0.29) is 6.61 Å². The summed E-state index contributed by atoms with van der Waals surface area (Å²) in [6.45, 7) is 18.9. The van der Waals surface area contributed by atoms with Crippen LogP contribution in [-0.2, 0) is 75.8 Å². The number of aliphatic hydroxyl groups excluding tert-OH is 1. The van der Waals surface area contributed by atoms with Crippen molar-refractivity contribution in [1.29, 1.82) is 0 Å². The van der Waals surface area contributed by atoms with E-state index in [1.165, 1.54) is 70.6 Å². The van der Waals surface area contributed by atoms with Crippen LogP contribution >= 0.6 is 0 Å². The Bertz CT molecular complexity index is 717. The lowest BCUT2D eigenvalue weighted by Gasteiger charge is -2.09. The van der Waals surface area contributed by atoms with Crippen LogP contribution in [0.15, 0.2) is 0 Å². The summed E-state index contributed by atoms with van der Waals surface area (Å²) in [5, 5.41) is 8.60. The number of aliphatic hydroxyl groups is 1. The van der Waals surface area contributed by atoms with E-state index in [9.17, 15) is 0 Å². The van der Waals surface area contributed by atoms with Crippen LogP contribution in [0.25, 0.3) is 0 Å². The molecule has 0 rings (SSSR count). The molecule has 0 atom stereocenters. The first-order valence-electron chi connectivity index (χ1n) is 24.3. The van der Waals surface area contributed by atoms with Crippen molar-refractivity contribution in [1.82, 2.24) is 0 Å². The van der Waals surface area contributed by atoms with Crippen molar-refractivity contribution < 1.29 is 80.9 Å². The number of hydrogen-bond acceptors (Lipinski definition) is 17. The van der Waals surface area contributed by atoms with Crippen molar-refractivity contribution in [3.8, 4) is 0 Å². The van der Waals surface area contributed by atoms with E-state index >= 15 is 0 Å². The molecule has 0 radical (unpaired) electrons. The molecule has 0 unspecified atom stereocenters. The second-order valence-electron chi connectivity index (χ2n) is 14.4. The molecular formula is C46H94O17. The summed E-state index contributed by atoms with van der Waals surface area (Å²) in [6.07, 6.45) is 16.3. The molecule has 0 saturated heterocycles. The minimum Gasteiger partial charge on any atom is -0.394 e. The van der Waals surface area contributed by atoms with E-state index in [0.29, 0.717) is 205 Å². The molecule has 0 bridgehead atoms. The zero-order valence-electron chi connectivity index (χ0n) is 39.8. The van der Waals surface area contributed by atoms with E-state index in [2.05, 4.69) is 6.92 Å². The zero-order chi connectivity index (χ0) is 45.1. The van der Waals surface area contributed by atoms with Crippen molar-refractivity contribution in [2.75, 3.05) is 218 Å². The highest BCUT2D eigenvalue weighted by Gasteiger charge is 1.99. The summed E-state index contributed by atoms with van der Waals surface area (Å²) in [4.78, 5) is 0. The van der Waals surface area contributed by atoms with Crippen LogP contribution in [-0.4, -0.2) is 223 Å². The van der Waals surface area contributed by atoms with Crippen LogP contribution < -0.4 is 0 Å². The summed E-state index contributed by atoms with van der Waals surface area (Å²) in [5.74, 6) is 0. The number of ether oxygens (including phenoxy) is 16. The molecule has 1 N–H and O–H groups in total. The molecule has 380 valence electrons. The summed E-state index contributed by atoms with van der Waals surface area (Å²) in [6, 6.07) is 0. The molecule has 0 spiro atoms. The molecule has 0 heterocycles. The van der Waals surface area contributed by atoms with Crippen molar-refractivity contribution in [3.05, 3.63) is 0 Å². The van der Waals surface area contributed by atoms with Gasteiger partial charge in [0.2, 0.25) is 0 Å². The standard InChI is InChI=1S/C46H94O17/c1-2-3-4-5-6-7-8-9-10-11-12-13-15-48-17-19-50-21-23-52-25-27-54-29-31-56-33-35-58-37-39-60-41-43-62-45-46-63-44-42-61-40-38-59-36-34-57-32-30-55-28-26-53-24-22-51-20-18-49-16-14-47/h47H,2-46H2,1H3. The Hall–Kier alpha value is -0.680. The third-order valence-corrected chi connectivity index (χ3v) is 8.96. The predicted molar refractivity (Wildman–Crippen MR) is 241 cm³/mol. The van der Waals surface area contributed by atoms with Crippen molar-refractivity contribution in [2.24, 2.45) is 0 Å². The van der Waals surface area contributed by atoms with Crippen LogP contribution in [0.1, 0.15) is 84.0 Å². The Morgan fingerprint density at radius 2 is 0.317 bits per heavy atom. The number of hydrogen-bond donors (Lipinski definition) is 1. The first kappa shape index (κ1) is 62.3. The fraction of sp³-hybridized carbons (Fsp3) is 1.00. The van der Waals surface area contributed by atoms with Gasteiger partial charge in [-0.2, -0.15) is 0 Å². The molecule has 0 aromatic heterocycles. The summed E-state index contributed by atoms with van der Waals surface area (Å²) in [7, 11) is 0. The minimum atomic E-state index is 0.0228. The first-order valence-corrected chi connectivity index (χ1v) is 24.3. The Balaban J connectivity index is 3.06. The van der Waals surface area contributed by atoms with Gasteiger partial charge < -0.3 is 80.9 Å². The highest BCUT2D eigenvalue weighted by atomic mass is 16.6. The lowest BCUT2D eigenvalue weighted by molar-refractivity contribution is -0.0305. The number of rotatable bonds is 60. The average Bonchev–Trinajstić information content (AvgIpc) is 3.29.